The number of nitrogens with zero attached hydrogens (tertiary/aromatic N) is 1. The van der Waals surface area contributed by atoms with Crippen LogP contribution >= 0.6 is 0 Å². The van der Waals surface area contributed by atoms with Crippen LogP contribution in [0.3, 0.4) is 0 Å². The molecule has 4 fully saturated rings. The smallest absolute Gasteiger partial charge is 0.255 e. The molecule has 0 spiro atoms. The van der Waals surface area contributed by atoms with Gasteiger partial charge in [-0.05, 0) is 61.6 Å². The van der Waals surface area contributed by atoms with E-state index < -0.39 is 6.04 Å². The van der Waals surface area contributed by atoms with Crippen molar-refractivity contribution >= 4 is 17.7 Å². The maximum Gasteiger partial charge on any atom is 0.255 e. The highest BCUT2D eigenvalue weighted by atomic mass is 16.7. The maximum absolute atomic E-state index is 13.0. The Balaban J connectivity index is 1.13. The van der Waals surface area contributed by atoms with E-state index in [4.69, 9.17) is 9.47 Å². The Hall–Kier alpha value is -2.29. The van der Waals surface area contributed by atoms with E-state index in [1.54, 1.807) is 4.90 Å². The molecule has 8 heteroatoms. The normalized spacial score (nSPS) is 35.4. The molecule has 182 valence electrons. The molecule has 4 heterocycles. The Labute approximate surface area is 199 Å². The second-order valence-corrected chi connectivity index (χ2v) is 10.6. The molecule has 2 bridgehead atoms. The van der Waals surface area contributed by atoms with Crippen molar-refractivity contribution in [3.63, 3.8) is 0 Å². The highest BCUT2D eigenvalue weighted by Gasteiger charge is 2.41. The number of fused-ring (bicyclic) bond motifs is 3. The predicted octanol–water partition coefficient (Wildman–Crippen LogP) is 2.04. The number of carbonyl (C=O) groups is 3. The van der Waals surface area contributed by atoms with Gasteiger partial charge in [-0.25, -0.2) is 0 Å². The predicted molar refractivity (Wildman–Crippen MR) is 123 cm³/mol. The molecule has 34 heavy (non-hydrogen) atoms. The molecule has 3 saturated heterocycles. The third kappa shape index (κ3) is 4.16. The first kappa shape index (κ1) is 22.2. The van der Waals surface area contributed by atoms with E-state index in [1.807, 2.05) is 6.07 Å². The van der Waals surface area contributed by atoms with Crippen molar-refractivity contribution in [1.29, 1.82) is 0 Å². The molecule has 3 amide bonds. The molecule has 0 aromatic heterocycles. The minimum atomic E-state index is -0.567. The van der Waals surface area contributed by atoms with Gasteiger partial charge in [0.15, 0.2) is 6.29 Å². The van der Waals surface area contributed by atoms with E-state index in [0.29, 0.717) is 30.5 Å². The topological polar surface area (TPSA) is 97.0 Å². The van der Waals surface area contributed by atoms with Crippen LogP contribution < -0.4 is 10.6 Å². The number of rotatable bonds is 5. The SMILES string of the molecule is O=C1CCC(N2Cc3cc(C[C@H]4CCCC[C@@H]4NC4CCC5COC4O5)ccc3C2=O)C(=O)N1. The Morgan fingerprint density at radius 2 is 1.91 bits per heavy atom. The summed E-state index contributed by atoms with van der Waals surface area (Å²) in [5.74, 6) is -0.199. The van der Waals surface area contributed by atoms with Gasteiger partial charge in [0.25, 0.3) is 5.91 Å². The number of hydrogen-bond donors (Lipinski definition) is 2. The van der Waals surface area contributed by atoms with Crippen LogP contribution in [0.25, 0.3) is 0 Å². The van der Waals surface area contributed by atoms with Crippen molar-refractivity contribution in [3.8, 4) is 0 Å². The van der Waals surface area contributed by atoms with Crippen LogP contribution in [0.4, 0.5) is 0 Å². The lowest BCUT2D eigenvalue weighted by Gasteiger charge is -2.38. The summed E-state index contributed by atoms with van der Waals surface area (Å²) in [6.45, 7) is 1.15. The number of benzene rings is 1. The monoisotopic (exact) mass is 467 g/mol. The Morgan fingerprint density at radius 1 is 1.03 bits per heavy atom. The molecule has 4 aliphatic heterocycles. The fourth-order valence-electron chi connectivity index (χ4n) is 6.50. The molecule has 8 nitrogen and oxygen atoms in total. The van der Waals surface area contributed by atoms with Gasteiger partial charge < -0.3 is 19.7 Å². The largest absolute Gasteiger partial charge is 0.348 e. The van der Waals surface area contributed by atoms with Crippen molar-refractivity contribution in [2.45, 2.75) is 94.9 Å². The summed E-state index contributed by atoms with van der Waals surface area (Å²) < 4.78 is 11.8. The minimum absolute atomic E-state index is 0.106. The maximum atomic E-state index is 13.0. The summed E-state index contributed by atoms with van der Waals surface area (Å²) in [6.07, 6.45) is 8.84. The Bertz CT molecular complexity index is 997. The highest BCUT2D eigenvalue weighted by molar-refractivity contribution is 6.05. The van der Waals surface area contributed by atoms with Gasteiger partial charge in [0.2, 0.25) is 11.8 Å². The lowest BCUT2D eigenvalue weighted by atomic mass is 9.80. The summed E-state index contributed by atoms with van der Waals surface area (Å²) in [5.41, 5.74) is 2.91. The minimum Gasteiger partial charge on any atom is -0.348 e. The molecule has 5 aliphatic rings. The molecule has 4 unspecified atom stereocenters. The third-order valence-electron chi connectivity index (χ3n) is 8.32. The highest BCUT2D eigenvalue weighted by Crippen LogP contribution is 2.34. The fraction of sp³-hybridized carbons (Fsp3) is 0.654. The van der Waals surface area contributed by atoms with Gasteiger partial charge in [0, 0.05) is 24.6 Å². The zero-order chi connectivity index (χ0) is 23.2. The number of carbonyl (C=O) groups excluding carboxylic acids is 3. The van der Waals surface area contributed by atoms with E-state index in [1.165, 1.54) is 31.2 Å². The van der Waals surface area contributed by atoms with Crippen molar-refractivity contribution in [3.05, 3.63) is 34.9 Å². The van der Waals surface area contributed by atoms with Crippen LogP contribution in [0.5, 0.6) is 0 Å². The standard InChI is InChI=1S/C26H33N3O5/c30-23-10-9-22(24(31)28-23)29-13-17-12-15(5-7-19(17)25(29)32)11-16-3-1-2-4-20(16)27-21-8-6-18-14-33-26(21)34-18/h5,7,12,16,18,20-22,26-27H,1-4,6,8-11,13-14H2,(H,28,30,31)/t16-,18?,20+,21?,22?,26?/m1/s1. The summed E-state index contributed by atoms with van der Waals surface area (Å²) >= 11 is 0. The van der Waals surface area contributed by atoms with Gasteiger partial charge in [-0.1, -0.05) is 25.0 Å². The molecule has 1 aromatic carbocycles. The second-order valence-electron chi connectivity index (χ2n) is 10.6. The molecular formula is C26H33N3O5. The lowest BCUT2D eigenvalue weighted by Crippen LogP contribution is -2.52. The molecule has 2 N–H and O–H groups in total. The summed E-state index contributed by atoms with van der Waals surface area (Å²) in [7, 11) is 0. The van der Waals surface area contributed by atoms with E-state index in [9.17, 15) is 14.4 Å². The van der Waals surface area contributed by atoms with Gasteiger partial charge in [-0.3, -0.25) is 19.7 Å². The second kappa shape index (κ2) is 9.06. The number of amides is 3. The van der Waals surface area contributed by atoms with Crippen LogP contribution in [0.2, 0.25) is 0 Å². The molecule has 1 aliphatic carbocycles. The first-order valence-electron chi connectivity index (χ1n) is 12.8. The first-order chi connectivity index (χ1) is 16.5. The van der Waals surface area contributed by atoms with Crippen molar-refractivity contribution in [2.24, 2.45) is 5.92 Å². The van der Waals surface area contributed by atoms with Crippen molar-refractivity contribution < 1.29 is 23.9 Å². The van der Waals surface area contributed by atoms with E-state index in [-0.39, 0.29) is 42.6 Å². The summed E-state index contributed by atoms with van der Waals surface area (Å²) in [5, 5.41) is 6.26. The van der Waals surface area contributed by atoms with Crippen LogP contribution in [-0.2, 0) is 32.0 Å². The number of ether oxygens (including phenoxy) is 2. The van der Waals surface area contributed by atoms with Crippen molar-refractivity contribution in [1.82, 2.24) is 15.5 Å². The van der Waals surface area contributed by atoms with Crippen LogP contribution in [0.1, 0.15) is 72.9 Å². The lowest BCUT2D eigenvalue weighted by molar-refractivity contribution is -0.136. The Kier molecular flexibility index (Phi) is 5.91. The van der Waals surface area contributed by atoms with Crippen LogP contribution in [0.15, 0.2) is 18.2 Å². The molecule has 1 saturated carbocycles. The molecule has 1 aromatic rings. The van der Waals surface area contributed by atoms with E-state index in [2.05, 4.69) is 22.8 Å². The third-order valence-corrected chi connectivity index (χ3v) is 8.32. The number of hydrogen-bond acceptors (Lipinski definition) is 6. The Morgan fingerprint density at radius 3 is 2.79 bits per heavy atom. The molecule has 6 atom stereocenters. The quantitative estimate of drug-likeness (QED) is 0.644. The summed E-state index contributed by atoms with van der Waals surface area (Å²) in [4.78, 5) is 38.4. The van der Waals surface area contributed by atoms with Gasteiger partial charge in [-0.15, -0.1) is 0 Å². The fourth-order valence-corrected chi connectivity index (χ4v) is 6.50. The van der Waals surface area contributed by atoms with Gasteiger partial charge in [0.05, 0.1) is 18.8 Å². The number of imide groups is 1. The number of piperidine rings is 1. The van der Waals surface area contributed by atoms with Crippen LogP contribution in [0, 0.1) is 5.92 Å². The van der Waals surface area contributed by atoms with Crippen molar-refractivity contribution in [2.75, 3.05) is 6.61 Å². The van der Waals surface area contributed by atoms with Crippen LogP contribution in [-0.4, -0.2) is 59.7 Å². The van der Waals surface area contributed by atoms with E-state index >= 15 is 0 Å². The van der Waals surface area contributed by atoms with E-state index in [0.717, 1.165) is 31.4 Å². The number of nitrogens with one attached hydrogen (secondary N) is 2. The average Bonchev–Trinajstić information content (AvgIpc) is 3.37. The first-order valence-corrected chi connectivity index (χ1v) is 12.8. The molecule has 6 rings (SSSR count). The van der Waals surface area contributed by atoms with Gasteiger partial charge >= 0.3 is 0 Å². The zero-order valence-corrected chi connectivity index (χ0v) is 19.5. The van der Waals surface area contributed by atoms with Gasteiger partial charge in [-0.2, -0.15) is 0 Å². The summed E-state index contributed by atoms with van der Waals surface area (Å²) in [6, 6.07) is 6.29. The zero-order valence-electron chi connectivity index (χ0n) is 19.5. The molecule has 0 radical (unpaired) electrons. The molecular weight excluding hydrogens is 434 g/mol. The van der Waals surface area contributed by atoms with Gasteiger partial charge in [0.1, 0.15) is 6.04 Å². The average molecular weight is 468 g/mol.